The fourth-order valence-corrected chi connectivity index (χ4v) is 4.19. The van der Waals surface area contributed by atoms with E-state index >= 15 is 0 Å². The summed E-state index contributed by atoms with van der Waals surface area (Å²) >= 11 is 5.94. The van der Waals surface area contributed by atoms with Gasteiger partial charge in [0, 0.05) is 48.4 Å². The van der Waals surface area contributed by atoms with E-state index in [9.17, 15) is 4.79 Å². The molecule has 2 aromatic heterocycles. The number of halogens is 1. The molecule has 2 aromatic carbocycles. The van der Waals surface area contributed by atoms with Gasteiger partial charge < -0.3 is 14.0 Å². The Bertz CT molecular complexity index is 1180. The number of benzene rings is 2. The number of rotatable bonds is 5. The first kappa shape index (κ1) is 19.6. The van der Waals surface area contributed by atoms with Gasteiger partial charge in [-0.2, -0.15) is 4.98 Å². The molecule has 156 valence electrons. The summed E-state index contributed by atoms with van der Waals surface area (Å²) in [6, 6.07) is 21.4. The van der Waals surface area contributed by atoms with Crippen LogP contribution in [0.5, 0.6) is 0 Å². The van der Waals surface area contributed by atoms with Gasteiger partial charge in [-0.15, -0.1) is 0 Å². The predicted molar refractivity (Wildman–Crippen MR) is 117 cm³/mol. The van der Waals surface area contributed by atoms with E-state index in [0.29, 0.717) is 36.1 Å². The van der Waals surface area contributed by atoms with Crippen LogP contribution in [0.25, 0.3) is 11.4 Å². The number of carbonyl (C=O) groups excluding carboxylic acids is 1. The predicted octanol–water partition coefficient (Wildman–Crippen LogP) is 4.76. The minimum absolute atomic E-state index is 0.0764. The molecule has 31 heavy (non-hydrogen) atoms. The number of aryl methyl sites for hydroxylation is 1. The van der Waals surface area contributed by atoms with Crippen LogP contribution in [0.15, 0.2) is 77.4 Å². The summed E-state index contributed by atoms with van der Waals surface area (Å²) in [4.78, 5) is 19.6. The van der Waals surface area contributed by atoms with Crippen molar-refractivity contribution < 1.29 is 9.32 Å². The molecular formula is C24H21ClN4O2. The van der Waals surface area contributed by atoms with Gasteiger partial charge in [0.1, 0.15) is 0 Å². The second-order valence-electron chi connectivity index (χ2n) is 7.55. The fourth-order valence-electron chi connectivity index (χ4n) is 4.07. The molecule has 1 unspecified atom stereocenters. The molecule has 1 aliphatic rings. The van der Waals surface area contributed by atoms with Crippen molar-refractivity contribution in [3.63, 3.8) is 0 Å². The zero-order valence-corrected chi connectivity index (χ0v) is 17.6. The molecule has 0 aliphatic carbocycles. The summed E-state index contributed by atoms with van der Waals surface area (Å²) in [6.07, 6.45) is 2.79. The van der Waals surface area contributed by atoms with E-state index in [4.69, 9.17) is 16.1 Å². The van der Waals surface area contributed by atoms with Gasteiger partial charge in [0.05, 0.1) is 6.04 Å². The maximum absolute atomic E-state index is 13.2. The van der Waals surface area contributed by atoms with E-state index in [1.807, 2.05) is 41.3 Å². The third-order valence-corrected chi connectivity index (χ3v) is 5.85. The molecule has 0 fully saturated rings. The standard InChI is InChI=1S/C24H21ClN4O2/c25-19-10-8-18(9-11-19)24-26-21(31-27-24)12-13-22(30)29-16-15-28-14-4-7-20(28)23(29)17-5-2-1-3-6-17/h1-11,14,23H,12-13,15-16H2. The molecule has 1 atom stereocenters. The Kier molecular flexibility index (Phi) is 5.30. The molecule has 5 rings (SSSR count). The lowest BCUT2D eigenvalue weighted by Gasteiger charge is -2.37. The highest BCUT2D eigenvalue weighted by Crippen LogP contribution is 2.33. The van der Waals surface area contributed by atoms with Gasteiger partial charge in [0.2, 0.25) is 17.6 Å². The molecular weight excluding hydrogens is 412 g/mol. The van der Waals surface area contributed by atoms with E-state index in [-0.39, 0.29) is 11.9 Å². The van der Waals surface area contributed by atoms with Crippen LogP contribution in [0.3, 0.4) is 0 Å². The Morgan fingerprint density at radius 3 is 2.65 bits per heavy atom. The van der Waals surface area contributed by atoms with Crippen molar-refractivity contribution in [1.29, 1.82) is 0 Å². The first-order valence-corrected chi connectivity index (χ1v) is 10.6. The first-order chi connectivity index (χ1) is 15.2. The third kappa shape index (κ3) is 3.99. The van der Waals surface area contributed by atoms with Crippen LogP contribution in [0.1, 0.15) is 29.6 Å². The van der Waals surface area contributed by atoms with Gasteiger partial charge in [-0.1, -0.05) is 47.1 Å². The summed E-state index contributed by atoms with van der Waals surface area (Å²) in [5.41, 5.74) is 3.07. The van der Waals surface area contributed by atoms with E-state index in [1.165, 1.54) is 0 Å². The van der Waals surface area contributed by atoms with Crippen LogP contribution in [0.4, 0.5) is 0 Å². The number of amides is 1. The van der Waals surface area contributed by atoms with E-state index in [0.717, 1.165) is 23.4 Å². The minimum Gasteiger partial charge on any atom is -0.348 e. The van der Waals surface area contributed by atoms with Crippen LogP contribution in [0, 0.1) is 0 Å². The highest BCUT2D eigenvalue weighted by molar-refractivity contribution is 6.30. The fraction of sp³-hybridized carbons (Fsp3) is 0.208. The smallest absolute Gasteiger partial charge is 0.227 e. The van der Waals surface area contributed by atoms with Crippen molar-refractivity contribution in [2.75, 3.05) is 6.54 Å². The average Bonchev–Trinajstić information content (AvgIpc) is 3.47. The highest BCUT2D eigenvalue weighted by atomic mass is 35.5. The van der Waals surface area contributed by atoms with Gasteiger partial charge in [0.25, 0.3) is 0 Å². The normalized spacial score (nSPS) is 15.6. The summed E-state index contributed by atoms with van der Waals surface area (Å²) in [5, 5.41) is 4.69. The van der Waals surface area contributed by atoms with E-state index in [2.05, 4.69) is 39.1 Å². The lowest BCUT2D eigenvalue weighted by Crippen LogP contribution is -2.42. The number of nitrogens with zero attached hydrogens (tertiary/aromatic N) is 4. The Morgan fingerprint density at radius 2 is 1.84 bits per heavy atom. The minimum atomic E-state index is -0.0928. The van der Waals surface area contributed by atoms with Crippen molar-refractivity contribution in [3.05, 3.63) is 95.1 Å². The van der Waals surface area contributed by atoms with Crippen LogP contribution < -0.4 is 0 Å². The van der Waals surface area contributed by atoms with Crippen molar-refractivity contribution >= 4 is 17.5 Å². The number of hydrogen-bond acceptors (Lipinski definition) is 4. The van der Waals surface area contributed by atoms with Crippen molar-refractivity contribution in [2.24, 2.45) is 0 Å². The second kappa shape index (κ2) is 8.40. The first-order valence-electron chi connectivity index (χ1n) is 10.3. The van der Waals surface area contributed by atoms with Crippen molar-refractivity contribution in [3.8, 4) is 11.4 Å². The Morgan fingerprint density at radius 1 is 1.03 bits per heavy atom. The molecule has 7 heteroatoms. The maximum atomic E-state index is 13.2. The SMILES string of the molecule is O=C(CCc1nc(-c2ccc(Cl)cc2)no1)N1CCn2cccc2C1c1ccccc1. The molecule has 0 radical (unpaired) electrons. The summed E-state index contributed by atoms with van der Waals surface area (Å²) in [6.45, 7) is 1.46. The number of aromatic nitrogens is 3. The molecule has 0 N–H and O–H groups in total. The Balaban J connectivity index is 1.31. The van der Waals surface area contributed by atoms with Gasteiger partial charge in [-0.25, -0.2) is 0 Å². The van der Waals surface area contributed by atoms with Crippen LogP contribution in [-0.4, -0.2) is 32.1 Å². The molecule has 4 aromatic rings. The average molecular weight is 433 g/mol. The molecule has 0 saturated heterocycles. The van der Waals surface area contributed by atoms with Gasteiger partial charge in [-0.05, 0) is 42.0 Å². The molecule has 0 spiro atoms. The number of carbonyl (C=O) groups is 1. The van der Waals surface area contributed by atoms with Crippen molar-refractivity contribution in [1.82, 2.24) is 19.6 Å². The third-order valence-electron chi connectivity index (χ3n) is 5.60. The monoisotopic (exact) mass is 432 g/mol. The van der Waals surface area contributed by atoms with Gasteiger partial charge in [0.15, 0.2) is 0 Å². The largest absolute Gasteiger partial charge is 0.348 e. The number of hydrogen-bond donors (Lipinski definition) is 0. The molecule has 3 heterocycles. The highest BCUT2D eigenvalue weighted by Gasteiger charge is 2.31. The van der Waals surface area contributed by atoms with Gasteiger partial charge in [-0.3, -0.25) is 4.79 Å². The van der Waals surface area contributed by atoms with Gasteiger partial charge >= 0.3 is 0 Å². The molecule has 0 saturated carbocycles. The number of fused-ring (bicyclic) bond motifs is 1. The van der Waals surface area contributed by atoms with E-state index in [1.54, 1.807) is 12.1 Å². The topological polar surface area (TPSA) is 64.2 Å². The zero-order valence-electron chi connectivity index (χ0n) is 16.8. The lowest BCUT2D eigenvalue weighted by molar-refractivity contribution is -0.134. The molecule has 6 nitrogen and oxygen atoms in total. The lowest BCUT2D eigenvalue weighted by atomic mass is 9.99. The zero-order chi connectivity index (χ0) is 21.2. The second-order valence-corrected chi connectivity index (χ2v) is 7.98. The summed E-state index contributed by atoms with van der Waals surface area (Å²) < 4.78 is 7.59. The maximum Gasteiger partial charge on any atom is 0.227 e. The van der Waals surface area contributed by atoms with Crippen LogP contribution in [0.2, 0.25) is 5.02 Å². The Labute approximate surface area is 185 Å². The molecule has 1 aliphatic heterocycles. The van der Waals surface area contributed by atoms with E-state index < -0.39 is 0 Å². The van der Waals surface area contributed by atoms with Crippen LogP contribution >= 0.6 is 11.6 Å². The summed E-state index contributed by atoms with van der Waals surface area (Å²) in [7, 11) is 0. The van der Waals surface area contributed by atoms with Crippen molar-refractivity contribution in [2.45, 2.75) is 25.4 Å². The molecule has 1 amide bonds. The van der Waals surface area contributed by atoms with Crippen LogP contribution in [-0.2, 0) is 17.8 Å². The quantitative estimate of drug-likeness (QED) is 0.456. The Hall–Kier alpha value is -3.38. The summed E-state index contributed by atoms with van der Waals surface area (Å²) in [5.74, 6) is 1.03. The molecule has 0 bridgehead atoms.